The number of nitrogens with one attached hydrogen (secondary N) is 1. The summed E-state index contributed by atoms with van der Waals surface area (Å²) in [5.74, 6) is 0.968. The zero-order chi connectivity index (χ0) is 11.5. The summed E-state index contributed by atoms with van der Waals surface area (Å²) in [5.41, 5.74) is 0.898. The fourth-order valence-electron chi connectivity index (χ4n) is 1.77. The molecule has 0 radical (unpaired) electrons. The number of fused-ring (bicyclic) bond motifs is 1. The standard InChI is InChI=1S/C12H18N4/c1-4-9(2)13-10(3)12-15-14-11-7-5-6-8-16(11)12/h5-10,13H,4H2,1-3H3/t9-,10+/m0/s1. The van der Waals surface area contributed by atoms with Crippen molar-refractivity contribution in [2.75, 3.05) is 0 Å². The van der Waals surface area contributed by atoms with E-state index in [2.05, 4.69) is 36.3 Å². The van der Waals surface area contributed by atoms with E-state index in [1.165, 1.54) is 0 Å². The average Bonchev–Trinajstić information content (AvgIpc) is 2.72. The van der Waals surface area contributed by atoms with Gasteiger partial charge in [-0.15, -0.1) is 10.2 Å². The van der Waals surface area contributed by atoms with Crippen LogP contribution < -0.4 is 5.32 Å². The van der Waals surface area contributed by atoms with Crippen LogP contribution in [0.2, 0.25) is 0 Å². The Morgan fingerprint density at radius 1 is 1.31 bits per heavy atom. The van der Waals surface area contributed by atoms with Gasteiger partial charge in [-0.1, -0.05) is 13.0 Å². The van der Waals surface area contributed by atoms with Crippen molar-refractivity contribution >= 4 is 5.65 Å². The Hall–Kier alpha value is -1.42. The first-order valence-electron chi connectivity index (χ1n) is 5.78. The van der Waals surface area contributed by atoms with E-state index in [4.69, 9.17) is 0 Å². The molecule has 0 fully saturated rings. The monoisotopic (exact) mass is 218 g/mol. The molecule has 16 heavy (non-hydrogen) atoms. The fourth-order valence-corrected chi connectivity index (χ4v) is 1.77. The van der Waals surface area contributed by atoms with Crippen molar-refractivity contribution in [1.82, 2.24) is 19.9 Å². The van der Waals surface area contributed by atoms with Crippen molar-refractivity contribution in [3.8, 4) is 0 Å². The largest absolute Gasteiger partial charge is 0.305 e. The van der Waals surface area contributed by atoms with Crippen LogP contribution in [-0.4, -0.2) is 20.6 Å². The lowest BCUT2D eigenvalue weighted by Gasteiger charge is -2.17. The van der Waals surface area contributed by atoms with Gasteiger partial charge in [0.25, 0.3) is 0 Å². The topological polar surface area (TPSA) is 42.2 Å². The minimum atomic E-state index is 0.215. The van der Waals surface area contributed by atoms with Crippen LogP contribution in [0.25, 0.3) is 5.65 Å². The van der Waals surface area contributed by atoms with Crippen LogP contribution in [0.15, 0.2) is 24.4 Å². The Bertz CT molecular complexity index is 463. The van der Waals surface area contributed by atoms with Crippen molar-refractivity contribution in [3.63, 3.8) is 0 Å². The molecule has 4 nitrogen and oxygen atoms in total. The molecule has 0 saturated carbocycles. The third-order valence-corrected chi connectivity index (χ3v) is 2.87. The molecule has 2 heterocycles. The first-order valence-corrected chi connectivity index (χ1v) is 5.78. The molecule has 0 aliphatic heterocycles. The molecule has 2 aromatic heterocycles. The van der Waals surface area contributed by atoms with Crippen LogP contribution in [0.3, 0.4) is 0 Å². The van der Waals surface area contributed by atoms with Crippen LogP contribution in [0.1, 0.15) is 39.1 Å². The summed E-state index contributed by atoms with van der Waals surface area (Å²) in [7, 11) is 0. The molecule has 0 unspecified atom stereocenters. The van der Waals surface area contributed by atoms with Crippen LogP contribution in [0.5, 0.6) is 0 Å². The number of pyridine rings is 1. The van der Waals surface area contributed by atoms with Crippen molar-refractivity contribution in [1.29, 1.82) is 0 Å². The summed E-state index contributed by atoms with van der Waals surface area (Å²) < 4.78 is 2.03. The highest BCUT2D eigenvalue weighted by Gasteiger charge is 2.14. The summed E-state index contributed by atoms with van der Waals surface area (Å²) >= 11 is 0. The average molecular weight is 218 g/mol. The van der Waals surface area contributed by atoms with Gasteiger partial charge in [0.15, 0.2) is 11.5 Å². The van der Waals surface area contributed by atoms with Gasteiger partial charge >= 0.3 is 0 Å². The molecule has 0 saturated heterocycles. The van der Waals surface area contributed by atoms with Crippen LogP contribution >= 0.6 is 0 Å². The molecule has 2 rings (SSSR count). The maximum absolute atomic E-state index is 4.23. The minimum absolute atomic E-state index is 0.215. The zero-order valence-corrected chi connectivity index (χ0v) is 10.0. The van der Waals surface area contributed by atoms with Gasteiger partial charge in [-0.25, -0.2) is 0 Å². The van der Waals surface area contributed by atoms with Gasteiger partial charge in [-0.05, 0) is 32.4 Å². The lowest BCUT2D eigenvalue weighted by atomic mass is 10.2. The first-order chi connectivity index (χ1) is 7.72. The minimum Gasteiger partial charge on any atom is -0.305 e. The molecule has 0 aliphatic rings. The Labute approximate surface area is 95.7 Å². The van der Waals surface area contributed by atoms with Crippen molar-refractivity contribution in [2.45, 2.75) is 39.3 Å². The normalized spacial score (nSPS) is 15.2. The Balaban J connectivity index is 2.26. The lowest BCUT2D eigenvalue weighted by molar-refractivity contribution is 0.452. The molecule has 1 N–H and O–H groups in total. The van der Waals surface area contributed by atoms with Crippen molar-refractivity contribution < 1.29 is 0 Å². The second-order valence-corrected chi connectivity index (χ2v) is 4.18. The second kappa shape index (κ2) is 4.61. The third kappa shape index (κ3) is 2.07. The predicted octanol–water partition coefficient (Wildman–Crippen LogP) is 2.18. The molecule has 0 aliphatic carbocycles. The smallest absolute Gasteiger partial charge is 0.160 e. The van der Waals surface area contributed by atoms with E-state index in [1.54, 1.807) is 0 Å². The highest BCUT2D eigenvalue weighted by Crippen LogP contribution is 2.12. The lowest BCUT2D eigenvalue weighted by Crippen LogP contribution is -2.29. The van der Waals surface area contributed by atoms with Crippen LogP contribution in [0, 0.1) is 0 Å². The van der Waals surface area contributed by atoms with Gasteiger partial charge in [0, 0.05) is 12.2 Å². The molecule has 0 aromatic carbocycles. The van der Waals surface area contributed by atoms with Gasteiger partial charge in [0.1, 0.15) is 0 Å². The SMILES string of the molecule is CC[C@H](C)N[C@H](C)c1nnc2ccccn12. The molecule has 2 aromatic rings. The van der Waals surface area contributed by atoms with Crippen LogP contribution in [0.4, 0.5) is 0 Å². The first kappa shape index (κ1) is 11.1. The summed E-state index contributed by atoms with van der Waals surface area (Å²) in [6.07, 6.45) is 3.11. The number of aromatic nitrogens is 3. The molecular formula is C12H18N4. The van der Waals surface area contributed by atoms with Crippen molar-refractivity contribution in [3.05, 3.63) is 30.2 Å². The highest BCUT2D eigenvalue weighted by atomic mass is 15.3. The molecular weight excluding hydrogens is 200 g/mol. The van der Waals surface area contributed by atoms with E-state index in [1.807, 2.05) is 28.8 Å². The summed E-state index contributed by atoms with van der Waals surface area (Å²) in [4.78, 5) is 0. The van der Waals surface area contributed by atoms with Crippen LogP contribution in [-0.2, 0) is 0 Å². The molecule has 86 valence electrons. The molecule has 0 amide bonds. The molecule has 4 heteroatoms. The second-order valence-electron chi connectivity index (χ2n) is 4.18. The quantitative estimate of drug-likeness (QED) is 0.855. The number of hydrogen-bond acceptors (Lipinski definition) is 3. The van der Waals surface area contributed by atoms with E-state index >= 15 is 0 Å². The highest BCUT2D eigenvalue weighted by molar-refractivity contribution is 5.37. The maximum Gasteiger partial charge on any atom is 0.160 e. The molecule has 0 spiro atoms. The van der Waals surface area contributed by atoms with Gasteiger partial charge in [-0.3, -0.25) is 4.40 Å². The summed E-state index contributed by atoms with van der Waals surface area (Å²) in [6, 6.07) is 6.64. The van der Waals surface area contributed by atoms with Gasteiger partial charge < -0.3 is 5.32 Å². The summed E-state index contributed by atoms with van der Waals surface area (Å²) in [5, 5.41) is 11.9. The zero-order valence-electron chi connectivity index (χ0n) is 10.0. The number of hydrogen-bond donors (Lipinski definition) is 1. The molecule has 0 bridgehead atoms. The van der Waals surface area contributed by atoms with Gasteiger partial charge in [0.05, 0.1) is 6.04 Å². The van der Waals surface area contributed by atoms with Gasteiger partial charge in [-0.2, -0.15) is 0 Å². The molecule has 2 atom stereocenters. The van der Waals surface area contributed by atoms with E-state index in [-0.39, 0.29) is 6.04 Å². The third-order valence-electron chi connectivity index (χ3n) is 2.87. The Morgan fingerprint density at radius 2 is 2.12 bits per heavy atom. The predicted molar refractivity (Wildman–Crippen MR) is 64.3 cm³/mol. The van der Waals surface area contributed by atoms with Gasteiger partial charge in [0.2, 0.25) is 0 Å². The fraction of sp³-hybridized carbons (Fsp3) is 0.500. The maximum atomic E-state index is 4.23. The van der Waals surface area contributed by atoms with E-state index in [9.17, 15) is 0 Å². The van der Waals surface area contributed by atoms with Crippen molar-refractivity contribution in [2.24, 2.45) is 0 Å². The Morgan fingerprint density at radius 3 is 2.88 bits per heavy atom. The van der Waals surface area contributed by atoms with E-state index < -0.39 is 0 Å². The number of nitrogens with zero attached hydrogens (tertiary/aromatic N) is 3. The van der Waals surface area contributed by atoms with E-state index in [0.29, 0.717) is 6.04 Å². The summed E-state index contributed by atoms with van der Waals surface area (Å²) in [6.45, 7) is 6.47. The van der Waals surface area contributed by atoms with E-state index in [0.717, 1.165) is 17.9 Å². The number of rotatable bonds is 4. The Kier molecular flexibility index (Phi) is 3.19.